The number of ether oxygens (including phenoxy) is 1. The topological polar surface area (TPSA) is 105 Å². The predicted octanol–water partition coefficient (Wildman–Crippen LogP) is 0.954. The molecule has 1 aromatic heterocycles. The Morgan fingerprint density at radius 3 is 2.33 bits per heavy atom. The van der Waals surface area contributed by atoms with Crippen molar-refractivity contribution in [2.24, 2.45) is 0 Å². The minimum Gasteiger partial charge on any atom is -0.494 e. The Balaban J connectivity index is 1.65. The molecule has 2 heterocycles. The minimum atomic E-state index is -3.76. The molecular formula is C17H21N5O4S. The molecule has 1 saturated heterocycles. The number of benzene rings is 1. The summed E-state index contributed by atoms with van der Waals surface area (Å²) in [4.78, 5) is 14.6. The molecule has 10 heteroatoms. The largest absolute Gasteiger partial charge is 0.494 e. The highest BCUT2D eigenvalue weighted by atomic mass is 32.2. The summed E-state index contributed by atoms with van der Waals surface area (Å²) in [6.45, 7) is 4.93. The number of rotatable bonds is 7. The van der Waals surface area contributed by atoms with Gasteiger partial charge in [-0.2, -0.15) is 0 Å². The summed E-state index contributed by atoms with van der Waals surface area (Å²) in [5.74, 6) is 1.39. The molecule has 1 aliphatic rings. The molecule has 0 radical (unpaired) electrons. The first kappa shape index (κ1) is 18.9. The molecule has 9 nitrogen and oxygen atoms in total. The van der Waals surface area contributed by atoms with Gasteiger partial charge in [0.2, 0.25) is 6.41 Å². The van der Waals surface area contributed by atoms with Crippen molar-refractivity contribution in [2.45, 2.75) is 11.8 Å². The third kappa shape index (κ3) is 4.64. The zero-order valence-corrected chi connectivity index (χ0v) is 15.7. The van der Waals surface area contributed by atoms with Crippen molar-refractivity contribution in [1.29, 1.82) is 0 Å². The van der Waals surface area contributed by atoms with Gasteiger partial charge in [-0.25, -0.2) is 8.42 Å². The zero-order chi connectivity index (χ0) is 19.3. The standard InChI is InChI=1S/C17H21N5O4S/c1-2-26-14-3-5-15(6-4-14)27(24,25)20-16-7-8-17(19-18-16)22-11-9-21(13-23)10-12-22/h3-8,13H,2,9-12H2,1H3,(H,18,20). The molecule has 0 unspecified atom stereocenters. The molecule has 0 saturated carbocycles. The summed E-state index contributed by atoms with van der Waals surface area (Å²) in [5.41, 5.74) is 0. The number of nitrogens with one attached hydrogen (secondary N) is 1. The van der Waals surface area contributed by atoms with Gasteiger partial charge in [0.15, 0.2) is 11.6 Å². The van der Waals surface area contributed by atoms with Gasteiger partial charge in [0.05, 0.1) is 11.5 Å². The summed E-state index contributed by atoms with van der Waals surface area (Å²) in [6.07, 6.45) is 0.835. The molecular weight excluding hydrogens is 370 g/mol. The monoisotopic (exact) mass is 391 g/mol. The van der Waals surface area contributed by atoms with Crippen LogP contribution >= 0.6 is 0 Å². The third-order valence-corrected chi connectivity index (χ3v) is 5.49. The normalized spacial score (nSPS) is 14.7. The molecule has 3 rings (SSSR count). The van der Waals surface area contributed by atoms with E-state index in [2.05, 4.69) is 14.9 Å². The molecule has 1 amide bonds. The highest BCUT2D eigenvalue weighted by Gasteiger charge is 2.18. The molecule has 1 N–H and O–H groups in total. The summed E-state index contributed by atoms with van der Waals surface area (Å²) in [5, 5.41) is 8.05. The molecule has 0 bridgehead atoms. The van der Waals surface area contributed by atoms with Crippen molar-refractivity contribution in [1.82, 2.24) is 15.1 Å². The Kier molecular flexibility index (Phi) is 5.75. The molecule has 144 valence electrons. The fourth-order valence-electron chi connectivity index (χ4n) is 2.68. The Morgan fingerprint density at radius 2 is 1.78 bits per heavy atom. The fraction of sp³-hybridized carbons (Fsp3) is 0.353. The number of amides is 1. The van der Waals surface area contributed by atoms with Crippen LogP contribution in [0, 0.1) is 0 Å². The number of hydrogen-bond donors (Lipinski definition) is 1. The Bertz CT molecular complexity index is 863. The fourth-order valence-corrected chi connectivity index (χ4v) is 3.68. The van der Waals surface area contributed by atoms with Gasteiger partial charge in [-0.3, -0.25) is 9.52 Å². The maximum atomic E-state index is 12.5. The maximum Gasteiger partial charge on any atom is 0.263 e. The number of carbonyl (C=O) groups excluding carboxylic acids is 1. The number of nitrogens with zero attached hydrogens (tertiary/aromatic N) is 4. The molecule has 0 aliphatic carbocycles. The van der Waals surface area contributed by atoms with Gasteiger partial charge in [0.1, 0.15) is 5.75 Å². The highest BCUT2D eigenvalue weighted by Crippen LogP contribution is 2.19. The van der Waals surface area contributed by atoms with Crippen molar-refractivity contribution in [3.63, 3.8) is 0 Å². The minimum absolute atomic E-state index is 0.113. The second kappa shape index (κ2) is 8.21. The van der Waals surface area contributed by atoms with E-state index in [1.54, 1.807) is 29.2 Å². The SMILES string of the molecule is CCOc1ccc(S(=O)(=O)Nc2ccc(N3CCN(C=O)CC3)nn2)cc1. The molecule has 1 aliphatic heterocycles. The lowest BCUT2D eigenvalue weighted by Gasteiger charge is -2.32. The lowest BCUT2D eigenvalue weighted by Crippen LogP contribution is -2.46. The first-order valence-electron chi connectivity index (χ1n) is 8.55. The van der Waals surface area contributed by atoms with Crippen LogP contribution in [0.5, 0.6) is 5.75 Å². The van der Waals surface area contributed by atoms with E-state index in [0.717, 1.165) is 6.41 Å². The van der Waals surface area contributed by atoms with E-state index in [0.29, 0.717) is 44.4 Å². The molecule has 0 atom stereocenters. The Hall–Kier alpha value is -2.88. The van der Waals surface area contributed by atoms with Gasteiger partial charge in [-0.1, -0.05) is 0 Å². The first-order valence-corrected chi connectivity index (χ1v) is 10.0. The summed E-state index contributed by atoms with van der Waals surface area (Å²) in [6, 6.07) is 9.43. The summed E-state index contributed by atoms with van der Waals surface area (Å²) < 4.78 is 32.6. The number of anilines is 2. The second-order valence-electron chi connectivity index (χ2n) is 5.92. The van der Waals surface area contributed by atoms with Crippen LogP contribution in [0.25, 0.3) is 0 Å². The van der Waals surface area contributed by atoms with E-state index in [-0.39, 0.29) is 10.7 Å². The van der Waals surface area contributed by atoms with Crippen LogP contribution < -0.4 is 14.4 Å². The molecule has 1 aromatic carbocycles. The van der Waals surface area contributed by atoms with E-state index < -0.39 is 10.0 Å². The van der Waals surface area contributed by atoms with Crippen LogP contribution in [0.1, 0.15) is 6.92 Å². The average Bonchev–Trinajstić information content (AvgIpc) is 2.69. The van der Waals surface area contributed by atoms with Gasteiger partial charge in [-0.15, -0.1) is 10.2 Å². The highest BCUT2D eigenvalue weighted by molar-refractivity contribution is 7.92. The quantitative estimate of drug-likeness (QED) is 0.701. The third-order valence-electron chi connectivity index (χ3n) is 4.12. The van der Waals surface area contributed by atoms with Gasteiger partial charge in [0.25, 0.3) is 10.0 Å². The molecule has 2 aromatic rings. The van der Waals surface area contributed by atoms with Crippen LogP contribution in [-0.2, 0) is 14.8 Å². The van der Waals surface area contributed by atoms with Gasteiger partial charge in [0, 0.05) is 26.2 Å². The molecule has 1 fully saturated rings. The second-order valence-corrected chi connectivity index (χ2v) is 7.60. The number of hydrogen-bond acceptors (Lipinski definition) is 7. The van der Waals surface area contributed by atoms with Crippen LogP contribution in [0.4, 0.5) is 11.6 Å². The Labute approximate surface area is 158 Å². The number of sulfonamides is 1. The molecule has 0 spiro atoms. The van der Waals surface area contributed by atoms with Crippen molar-refractivity contribution in [2.75, 3.05) is 42.4 Å². The van der Waals surface area contributed by atoms with Crippen molar-refractivity contribution >= 4 is 28.1 Å². The predicted molar refractivity (Wildman–Crippen MR) is 100 cm³/mol. The smallest absolute Gasteiger partial charge is 0.263 e. The van der Waals surface area contributed by atoms with E-state index in [1.807, 2.05) is 11.8 Å². The van der Waals surface area contributed by atoms with E-state index in [4.69, 9.17) is 4.74 Å². The van der Waals surface area contributed by atoms with Crippen LogP contribution in [0.3, 0.4) is 0 Å². The molecule has 27 heavy (non-hydrogen) atoms. The number of carbonyl (C=O) groups is 1. The number of piperazine rings is 1. The van der Waals surface area contributed by atoms with Crippen LogP contribution in [-0.4, -0.2) is 62.7 Å². The maximum absolute atomic E-state index is 12.5. The van der Waals surface area contributed by atoms with Crippen LogP contribution in [0.15, 0.2) is 41.3 Å². The van der Waals surface area contributed by atoms with E-state index in [9.17, 15) is 13.2 Å². The Morgan fingerprint density at radius 1 is 1.07 bits per heavy atom. The lowest BCUT2D eigenvalue weighted by molar-refractivity contribution is -0.118. The van der Waals surface area contributed by atoms with Gasteiger partial charge < -0.3 is 14.5 Å². The zero-order valence-electron chi connectivity index (χ0n) is 14.9. The van der Waals surface area contributed by atoms with Crippen molar-refractivity contribution < 1.29 is 17.9 Å². The van der Waals surface area contributed by atoms with Crippen molar-refractivity contribution in [3.05, 3.63) is 36.4 Å². The van der Waals surface area contributed by atoms with Crippen LogP contribution in [0.2, 0.25) is 0 Å². The van der Waals surface area contributed by atoms with Gasteiger partial charge in [-0.05, 0) is 43.3 Å². The van der Waals surface area contributed by atoms with Crippen molar-refractivity contribution in [3.8, 4) is 5.75 Å². The average molecular weight is 391 g/mol. The first-order chi connectivity index (χ1) is 13.0. The van der Waals surface area contributed by atoms with E-state index in [1.165, 1.54) is 12.1 Å². The van der Waals surface area contributed by atoms with E-state index >= 15 is 0 Å². The lowest BCUT2D eigenvalue weighted by atomic mass is 10.3. The van der Waals surface area contributed by atoms with Gasteiger partial charge >= 0.3 is 0 Å². The summed E-state index contributed by atoms with van der Waals surface area (Å²) in [7, 11) is -3.76. The number of aromatic nitrogens is 2. The summed E-state index contributed by atoms with van der Waals surface area (Å²) >= 11 is 0.